The van der Waals surface area contributed by atoms with Gasteiger partial charge >= 0.3 is 5.97 Å². The molecule has 0 unspecified atom stereocenters. The average Bonchev–Trinajstić information content (AvgIpc) is 2.79. The first kappa shape index (κ1) is 8.76. The van der Waals surface area contributed by atoms with Gasteiger partial charge in [-0.15, -0.1) is 0 Å². The highest BCUT2D eigenvalue weighted by atomic mass is 16.4. The molecular formula is C10H13N3O2. The lowest BCUT2D eigenvalue weighted by molar-refractivity contribution is -0.137. The van der Waals surface area contributed by atoms with E-state index in [4.69, 9.17) is 5.11 Å². The van der Waals surface area contributed by atoms with Gasteiger partial charge in [0.25, 0.3) is 0 Å². The first-order valence-corrected chi connectivity index (χ1v) is 5.16. The topological polar surface area (TPSA) is 58.4 Å². The molecule has 1 saturated carbocycles. The SMILES string of the molecule is O=C(O)Cn1cc(N2CC3(CC3)C2)cn1. The molecule has 0 aromatic carbocycles. The van der Waals surface area contributed by atoms with Gasteiger partial charge in [0.2, 0.25) is 0 Å². The van der Waals surface area contributed by atoms with Crippen molar-refractivity contribution in [1.82, 2.24) is 9.78 Å². The number of carbonyl (C=O) groups is 1. The van der Waals surface area contributed by atoms with Crippen LogP contribution in [0.2, 0.25) is 0 Å². The van der Waals surface area contributed by atoms with Gasteiger partial charge in [-0.3, -0.25) is 9.48 Å². The summed E-state index contributed by atoms with van der Waals surface area (Å²) in [5.74, 6) is -0.855. The fourth-order valence-electron chi connectivity index (χ4n) is 2.18. The average molecular weight is 207 g/mol. The Kier molecular flexibility index (Phi) is 1.60. The Bertz CT molecular complexity index is 401. The molecule has 5 nitrogen and oxygen atoms in total. The molecule has 80 valence electrons. The molecule has 0 bridgehead atoms. The number of hydrogen-bond acceptors (Lipinski definition) is 3. The summed E-state index contributed by atoms with van der Waals surface area (Å²) in [5.41, 5.74) is 1.67. The zero-order valence-electron chi connectivity index (χ0n) is 8.39. The zero-order valence-corrected chi connectivity index (χ0v) is 8.39. The maximum absolute atomic E-state index is 10.5. The highest BCUT2D eigenvalue weighted by Crippen LogP contribution is 2.53. The molecule has 1 aliphatic carbocycles. The van der Waals surface area contributed by atoms with Crippen molar-refractivity contribution in [2.24, 2.45) is 5.41 Å². The second-order valence-electron chi connectivity index (χ2n) is 4.65. The van der Waals surface area contributed by atoms with Crippen molar-refractivity contribution in [3.8, 4) is 0 Å². The predicted molar refractivity (Wildman–Crippen MR) is 53.7 cm³/mol. The molecule has 1 spiro atoms. The molecule has 1 saturated heterocycles. The molecule has 1 N–H and O–H groups in total. The van der Waals surface area contributed by atoms with Crippen molar-refractivity contribution >= 4 is 11.7 Å². The molecular weight excluding hydrogens is 194 g/mol. The van der Waals surface area contributed by atoms with Crippen molar-refractivity contribution < 1.29 is 9.90 Å². The minimum absolute atomic E-state index is 0.0566. The van der Waals surface area contributed by atoms with Gasteiger partial charge in [-0.2, -0.15) is 5.10 Å². The smallest absolute Gasteiger partial charge is 0.325 e. The van der Waals surface area contributed by atoms with Crippen LogP contribution in [0, 0.1) is 5.41 Å². The number of rotatable bonds is 3. The standard InChI is InChI=1S/C10H13N3O2/c14-9(15)5-13-4-8(3-11-13)12-6-10(7-12)1-2-10/h3-4H,1-2,5-7H2,(H,14,15). The minimum atomic E-state index is -0.855. The van der Waals surface area contributed by atoms with E-state index in [-0.39, 0.29) is 6.54 Å². The van der Waals surface area contributed by atoms with Crippen LogP contribution < -0.4 is 4.90 Å². The van der Waals surface area contributed by atoms with E-state index in [1.165, 1.54) is 17.5 Å². The highest BCUT2D eigenvalue weighted by molar-refractivity contribution is 5.66. The lowest BCUT2D eigenvalue weighted by Crippen LogP contribution is -2.48. The molecule has 2 heterocycles. The van der Waals surface area contributed by atoms with Crippen LogP contribution in [0.1, 0.15) is 12.8 Å². The van der Waals surface area contributed by atoms with Crippen molar-refractivity contribution in [1.29, 1.82) is 0 Å². The van der Waals surface area contributed by atoms with Crippen molar-refractivity contribution in [2.75, 3.05) is 18.0 Å². The number of aliphatic carboxylic acids is 1. The molecule has 2 fully saturated rings. The molecule has 2 aliphatic rings. The molecule has 3 rings (SSSR count). The number of anilines is 1. The van der Waals surface area contributed by atoms with Crippen LogP contribution in [-0.2, 0) is 11.3 Å². The Morgan fingerprint density at radius 3 is 2.87 bits per heavy atom. The first-order valence-electron chi connectivity index (χ1n) is 5.16. The van der Waals surface area contributed by atoms with Crippen LogP contribution in [-0.4, -0.2) is 33.9 Å². The first-order chi connectivity index (χ1) is 7.17. The van der Waals surface area contributed by atoms with E-state index in [9.17, 15) is 4.79 Å². The molecule has 0 radical (unpaired) electrons. The third-order valence-electron chi connectivity index (χ3n) is 3.29. The summed E-state index contributed by atoms with van der Waals surface area (Å²) in [7, 11) is 0. The van der Waals surface area contributed by atoms with Crippen LogP contribution in [0.25, 0.3) is 0 Å². The summed E-state index contributed by atoms with van der Waals surface area (Å²) in [6, 6.07) is 0. The van der Waals surface area contributed by atoms with Crippen LogP contribution in [0.15, 0.2) is 12.4 Å². The predicted octanol–water partition coefficient (Wildman–Crippen LogP) is 0.568. The highest BCUT2D eigenvalue weighted by Gasteiger charge is 2.52. The molecule has 1 aromatic rings. The van der Waals surface area contributed by atoms with Gasteiger partial charge in [-0.25, -0.2) is 0 Å². The second kappa shape index (κ2) is 2.74. The van der Waals surface area contributed by atoms with E-state index in [1.54, 1.807) is 6.20 Å². The number of aromatic nitrogens is 2. The summed E-state index contributed by atoms with van der Waals surface area (Å²) < 4.78 is 1.47. The van der Waals surface area contributed by atoms with E-state index in [1.807, 2.05) is 6.20 Å². The lowest BCUT2D eigenvalue weighted by Gasteiger charge is -2.40. The zero-order chi connectivity index (χ0) is 10.5. The maximum Gasteiger partial charge on any atom is 0.325 e. The van der Waals surface area contributed by atoms with Crippen LogP contribution in [0.3, 0.4) is 0 Å². The molecule has 0 atom stereocenters. The monoisotopic (exact) mass is 207 g/mol. The summed E-state index contributed by atoms with van der Waals surface area (Å²) in [4.78, 5) is 12.7. The van der Waals surface area contributed by atoms with Crippen LogP contribution in [0.4, 0.5) is 5.69 Å². The Morgan fingerprint density at radius 1 is 1.53 bits per heavy atom. The summed E-state index contributed by atoms with van der Waals surface area (Å²) in [5, 5.41) is 12.6. The third kappa shape index (κ3) is 1.48. The van der Waals surface area contributed by atoms with E-state index in [0.717, 1.165) is 18.8 Å². The molecule has 1 aliphatic heterocycles. The van der Waals surface area contributed by atoms with Gasteiger partial charge in [0.1, 0.15) is 6.54 Å². The fraction of sp³-hybridized carbons (Fsp3) is 0.600. The fourth-order valence-corrected chi connectivity index (χ4v) is 2.18. The molecule has 0 amide bonds. The van der Waals surface area contributed by atoms with E-state index >= 15 is 0 Å². The van der Waals surface area contributed by atoms with Gasteiger partial charge in [0.05, 0.1) is 11.9 Å². The van der Waals surface area contributed by atoms with Crippen molar-refractivity contribution in [3.63, 3.8) is 0 Å². The maximum atomic E-state index is 10.5. The largest absolute Gasteiger partial charge is 0.480 e. The third-order valence-corrected chi connectivity index (χ3v) is 3.29. The lowest BCUT2D eigenvalue weighted by atomic mass is 9.97. The second-order valence-corrected chi connectivity index (χ2v) is 4.65. The van der Waals surface area contributed by atoms with E-state index in [2.05, 4.69) is 10.00 Å². The van der Waals surface area contributed by atoms with Crippen LogP contribution >= 0.6 is 0 Å². The Labute approximate surface area is 87.3 Å². The Balaban J connectivity index is 1.66. The summed E-state index contributed by atoms with van der Waals surface area (Å²) in [6.45, 7) is 2.18. The van der Waals surface area contributed by atoms with Crippen molar-refractivity contribution in [2.45, 2.75) is 19.4 Å². The van der Waals surface area contributed by atoms with Gasteiger partial charge in [0.15, 0.2) is 0 Å². The summed E-state index contributed by atoms with van der Waals surface area (Å²) >= 11 is 0. The van der Waals surface area contributed by atoms with Crippen LogP contribution in [0.5, 0.6) is 0 Å². The Hall–Kier alpha value is -1.52. The summed E-state index contributed by atoms with van der Waals surface area (Å²) in [6.07, 6.45) is 6.26. The number of nitrogens with zero attached hydrogens (tertiary/aromatic N) is 3. The molecule has 1 aromatic heterocycles. The molecule has 15 heavy (non-hydrogen) atoms. The number of carboxylic acid groups (broad SMARTS) is 1. The normalized spacial score (nSPS) is 21.5. The number of hydrogen-bond donors (Lipinski definition) is 1. The van der Waals surface area contributed by atoms with E-state index < -0.39 is 5.97 Å². The van der Waals surface area contributed by atoms with Gasteiger partial charge < -0.3 is 10.0 Å². The van der Waals surface area contributed by atoms with Gasteiger partial charge in [0, 0.05) is 24.7 Å². The number of carboxylic acids is 1. The quantitative estimate of drug-likeness (QED) is 0.787. The van der Waals surface area contributed by atoms with E-state index in [0.29, 0.717) is 5.41 Å². The Morgan fingerprint density at radius 2 is 2.27 bits per heavy atom. The van der Waals surface area contributed by atoms with Crippen molar-refractivity contribution in [3.05, 3.63) is 12.4 Å². The molecule has 5 heteroatoms. The van der Waals surface area contributed by atoms with Gasteiger partial charge in [-0.05, 0) is 12.8 Å². The van der Waals surface area contributed by atoms with Gasteiger partial charge in [-0.1, -0.05) is 0 Å². The minimum Gasteiger partial charge on any atom is -0.480 e.